The molecule has 0 bridgehead atoms. The Morgan fingerprint density at radius 1 is 1.00 bits per heavy atom. The minimum absolute atomic E-state index is 0.0919. The van der Waals surface area contributed by atoms with Crippen molar-refractivity contribution in [3.63, 3.8) is 0 Å². The number of hydrogen-bond donors (Lipinski definition) is 2. The van der Waals surface area contributed by atoms with Crippen molar-refractivity contribution in [3.8, 4) is 5.75 Å². The normalized spacial score (nSPS) is 16.0. The number of rotatable bonds is 5. The number of sulfone groups is 1. The topological polar surface area (TPSA) is 126 Å². The lowest BCUT2D eigenvalue weighted by Gasteiger charge is -2.33. The van der Waals surface area contributed by atoms with Crippen LogP contribution in [0.1, 0.15) is 20.8 Å². The minimum atomic E-state index is -3.70. The van der Waals surface area contributed by atoms with E-state index < -0.39 is 33.7 Å². The van der Waals surface area contributed by atoms with Crippen molar-refractivity contribution >= 4 is 38.4 Å². The number of anilines is 2. The Morgan fingerprint density at radius 3 is 2.29 bits per heavy atom. The summed E-state index contributed by atoms with van der Waals surface area (Å²) in [6.45, 7) is 5.25. The molecule has 0 aliphatic carbocycles. The number of para-hydroxylation sites is 1. The molecule has 0 spiro atoms. The molecule has 35 heavy (non-hydrogen) atoms. The van der Waals surface area contributed by atoms with E-state index in [2.05, 4.69) is 15.6 Å². The number of amides is 2. The molecule has 186 valence electrons. The van der Waals surface area contributed by atoms with Gasteiger partial charge in [0.2, 0.25) is 21.2 Å². The van der Waals surface area contributed by atoms with Crippen LogP contribution in [0, 0.1) is 0 Å². The highest BCUT2D eigenvalue weighted by Gasteiger charge is 2.35. The predicted molar refractivity (Wildman–Crippen MR) is 134 cm³/mol. The molecule has 2 aromatic carbocycles. The van der Waals surface area contributed by atoms with Gasteiger partial charge >= 0.3 is 6.09 Å². The summed E-state index contributed by atoms with van der Waals surface area (Å²) in [6.07, 6.45) is 0.451. The van der Waals surface area contributed by atoms with Crippen LogP contribution in [-0.4, -0.2) is 55.6 Å². The second-order valence-electron chi connectivity index (χ2n) is 8.82. The molecule has 0 saturated heterocycles. The van der Waals surface area contributed by atoms with Gasteiger partial charge in [-0.1, -0.05) is 24.3 Å². The molecule has 1 atom stereocenters. The van der Waals surface area contributed by atoms with Gasteiger partial charge in [-0.25, -0.2) is 18.2 Å². The average molecular weight is 501 g/mol. The van der Waals surface area contributed by atoms with Crippen LogP contribution in [0.4, 0.5) is 16.2 Å². The molecule has 0 aromatic heterocycles. The maximum Gasteiger partial charge on any atom is 0.412 e. The van der Waals surface area contributed by atoms with Crippen molar-refractivity contribution in [3.05, 3.63) is 66.4 Å². The molecule has 1 aliphatic heterocycles. The van der Waals surface area contributed by atoms with Crippen LogP contribution in [0.15, 0.2) is 71.4 Å². The zero-order valence-electron chi connectivity index (χ0n) is 20.1. The van der Waals surface area contributed by atoms with E-state index in [-0.39, 0.29) is 16.5 Å². The molecule has 1 unspecified atom stereocenters. The highest BCUT2D eigenvalue weighted by atomic mass is 32.2. The Balaban J connectivity index is 1.87. The van der Waals surface area contributed by atoms with Crippen LogP contribution in [0.5, 0.6) is 5.75 Å². The lowest BCUT2D eigenvalue weighted by Crippen LogP contribution is -2.49. The Bertz CT molecular complexity index is 1270. The van der Waals surface area contributed by atoms with Crippen LogP contribution >= 0.6 is 0 Å². The largest absolute Gasteiger partial charge is 0.466 e. The number of ether oxygens (including phenoxy) is 2. The molecule has 0 fully saturated rings. The molecule has 2 N–H and O–H groups in total. The molecule has 10 nitrogen and oxygen atoms in total. The lowest BCUT2D eigenvalue weighted by molar-refractivity contribution is -0.114. The first kappa shape index (κ1) is 25.8. The molecule has 2 amide bonds. The highest BCUT2D eigenvalue weighted by Crippen LogP contribution is 2.26. The first-order chi connectivity index (χ1) is 16.3. The summed E-state index contributed by atoms with van der Waals surface area (Å²) >= 11 is 0. The van der Waals surface area contributed by atoms with Gasteiger partial charge in [0.05, 0.1) is 5.57 Å². The van der Waals surface area contributed by atoms with Crippen molar-refractivity contribution in [1.82, 2.24) is 4.90 Å². The van der Waals surface area contributed by atoms with Crippen LogP contribution in [-0.2, 0) is 19.4 Å². The molecule has 1 heterocycles. The Kier molecular flexibility index (Phi) is 7.49. The van der Waals surface area contributed by atoms with Gasteiger partial charge in [0.1, 0.15) is 11.4 Å². The lowest BCUT2D eigenvalue weighted by atomic mass is 10.2. The number of nitrogens with one attached hydrogen (secondary N) is 2. The third-order valence-electron chi connectivity index (χ3n) is 4.59. The SMILES string of the molecule is CN1C(S(C)(=O)=O)=NC=C(C(=O)Nc2ccccc2)C1Oc1cccc(NC(=O)OC(C)(C)C)c1. The van der Waals surface area contributed by atoms with Crippen LogP contribution in [0.3, 0.4) is 0 Å². The Morgan fingerprint density at radius 2 is 1.66 bits per heavy atom. The first-order valence-electron chi connectivity index (χ1n) is 10.7. The fraction of sp³-hybridized carbons (Fsp3) is 0.292. The van der Waals surface area contributed by atoms with Gasteiger partial charge in [-0.15, -0.1) is 0 Å². The second-order valence-corrected chi connectivity index (χ2v) is 10.7. The number of carbonyl (C=O) groups is 2. The summed E-state index contributed by atoms with van der Waals surface area (Å²) in [4.78, 5) is 30.4. The maximum absolute atomic E-state index is 13.0. The van der Waals surface area contributed by atoms with Crippen molar-refractivity contribution in [2.24, 2.45) is 4.99 Å². The van der Waals surface area contributed by atoms with Gasteiger partial charge in [-0.3, -0.25) is 10.1 Å². The summed E-state index contributed by atoms with van der Waals surface area (Å²) in [7, 11) is -2.24. The number of aliphatic imine (C=N–C) groups is 1. The Labute approximate surface area is 204 Å². The quantitative estimate of drug-likeness (QED) is 0.642. The molecular formula is C24H28N4O6S. The smallest absolute Gasteiger partial charge is 0.412 e. The van der Waals surface area contributed by atoms with Gasteiger partial charge in [0.15, 0.2) is 0 Å². The first-order valence-corrected chi connectivity index (χ1v) is 12.6. The fourth-order valence-corrected chi connectivity index (χ4v) is 4.04. The van der Waals surface area contributed by atoms with Crippen molar-refractivity contribution in [2.45, 2.75) is 32.6 Å². The molecule has 2 aromatic rings. The zero-order valence-corrected chi connectivity index (χ0v) is 20.9. The van der Waals surface area contributed by atoms with Crippen LogP contribution < -0.4 is 15.4 Å². The van der Waals surface area contributed by atoms with Crippen molar-refractivity contribution in [2.75, 3.05) is 23.9 Å². The summed E-state index contributed by atoms with van der Waals surface area (Å²) in [6, 6.07) is 15.2. The number of likely N-dealkylation sites (N-methyl/N-ethyl adjacent to an activating group) is 1. The number of carbonyl (C=O) groups excluding carboxylic acids is 2. The predicted octanol–water partition coefficient (Wildman–Crippen LogP) is 3.61. The van der Waals surface area contributed by atoms with Gasteiger partial charge in [0.25, 0.3) is 5.91 Å². The molecular weight excluding hydrogens is 472 g/mol. The molecule has 3 rings (SSSR count). The highest BCUT2D eigenvalue weighted by molar-refractivity contribution is 8.05. The third-order valence-corrected chi connectivity index (χ3v) is 5.64. The number of amidine groups is 1. The van der Waals surface area contributed by atoms with Crippen molar-refractivity contribution in [1.29, 1.82) is 0 Å². The fourth-order valence-electron chi connectivity index (χ4n) is 3.18. The number of benzene rings is 2. The van der Waals surface area contributed by atoms with Crippen LogP contribution in [0.2, 0.25) is 0 Å². The summed E-state index contributed by atoms with van der Waals surface area (Å²) in [5.74, 6) is -0.226. The molecule has 0 saturated carbocycles. The maximum atomic E-state index is 13.0. The van der Waals surface area contributed by atoms with E-state index in [0.29, 0.717) is 11.4 Å². The van der Waals surface area contributed by atoms with Gasteiger partial charge in [0, 0.05) is 36.9 Å². The van der Waals surface area contributed by atoms with Crippen molar-refractivity contribution < 1.29 is 27.5 Å². The standard InChI is InChI=1S/C24H28N4O6S/c1-24(2,3)34-23(30)27-17-12-9-13-18(14-17)33-21-19(15-25-22(28(21)4)35(5,31)32)20(29)26-16-10-7-6-8-11-16/h6-15,21H,1-5H3,(H,26,29)(H,27,30). The van der Waals surface area contributed by atoms with Gasteiger partial charge in [-0.2, -0.15) is 0 Å². The van der Waals surface area contributed by atoms with E-state index in [0.717, 1.165) is 6.26 Å². The van der Waals surface area contributed by atoms with E-state index >= 15 is 0 Å². The van der Waals surface area contributed by atoms with E-state index in [1.165, 1.54) is 24.2 Å². The minimum Gasteiger partial charge on any atom is -0.466 e. The zero-order chi connectivity index (χ0) is 25.8. The van der Waals surface area contributed by atoms with Gasteiger partial charge < -0.3 is 19.7 Å². The molecule has 0 radical (unpaired) electrons. The molecule has 11 heteroatoms. The summed E-state index contributed by atoms with van der Waals surface area (Å²) < 4.78 is 35.8. The second kappa shape index (κ2) is 10.2. The van der Waals surface area contributed by atoms with Crippen LogP contribution in [0.25, 0.3) is 0 Å². The van der Waals surface area contributed by atoms with Gasteiger partial charge in [-0.05, 0) is 45.0 Å². The van der Waals surface area contributed by atoms with E-state index in [9.17, 15) is 18.0 Å². The third kappa shape index (κ3) is 7.06. The Hall–Kier alpha value is -3.86. The van der Waals surface area contributed by atoms with E-state index in [1.807, 2.05) is 6.07 Å². The molecule has 1 aliphatic rings. The van der Waals surface area contributed by atoms with E-state index in [4.69, 9.17) is 9.47 Å². The monoisotopic (exact) mass is 500 g/mol. The summed E-state index contributed by atoms with van der Waals surface area (Å²) in [5, 5.41) is 5.12. The van der Waals surface area contributed by atoms with E-state index in [1.54, 1.807) is 63.2 Å². The number of nitrogens with zero attached hydrogens (tertiary/aromatic N) is 2. The average Bonchev–Trinajstić information content (AvgIpc) is 2.73. The summed E-state index contributed by atoms with van der Waals surface area (Å²) in [5.41, 5.74) is 0.373. The number of hydrogen-bond acceptors (Lipinski definition) is 8.